The van der Waals surface area contributed by atoms with Crippen molar-refractivity contribution >= 4 is 33.1 Å². The van der Waals surface area contributed by atoms with Gasteiger partial charge >= 0.3 is 0 Å². The Morgan fingerprint density at radius 2 is 1.18 bits per heavy atom. The van der Waals surface area contributed by atoms with E-state index in [2.05, 4.69) is 25.4 Å². The zero-order chi connectivity index (χ0) is 11.2. The first kappa shape index (κ1) is 8.58. The molecule has 4 rings (SSSR count). The van der Waals surface area contributed by atoms with E-state index in [9.17, 15) is 0 Å². The number of aromatic nitrogens is 5. The molecule has 0 bridgehead atoms. The quantitative estimate of drug-likeness (QED) is 0.461. The van der Waals surface area contributed by atoms with Crippen LogP contribution >= 0.6 is 0 Å². The van der Waals surface area contributed by atoms with Gasteiger partial charge in [0.25, 0.3) is 0 Å². The molecule has 0 aliphatic heterocycles. The second kappa shape index (κ2) is 2.98. The maximum Gasteiger partial charge on any atom is 0.115 e. The third-order valence-corrected chi connectivity index (χ3v) is 2.78. The first-order valence-electron chi connectivity index (χ1n) is 5.27. The monoisotopic (exact) mass is 221 g/mol. The average Bonchev–Trinajstić information content (AvgIpc) is 2.80. The molecule has 0 atom stereocenters. The van der Waals surface area contributed by atoms with Crippen LogP contribution in [0.1, 0.15) is 0 Å². The van der Waals surface area contributed by atoms with Gasteiger partial charge < -0.3 is 0 Å². The number of fused-ring (bicyclic) bond motifs is 3. The van der Waals surface area contributed by atoms with E-state index < -0.39 is 0 Å². The molecule has 0 spiro atoms. The van der Waals surface area contributed by atoms with Crippen molar-refractivity contribution in [2.45, 2.75) is 0 Å². The minimum atomic E-state index is 0.807. The zero-order valence-electron chi connectivity index (χ0n) is 8.75. The van der Waals surface area contributed by atoms with Crippen molar-refractivity contribution in [1.82, 2.24) is 25.4 Å². The lowest BCUT2D eigenvalue weighted by Crippen LogP contribution is -1.87. The Morgan fingerprint density at radius 1 is 0.647 bits per heavy atom. The fraction of sp³-hybridized carbons (Fsp3) is 0. The van der Waals surface area contributed by atoms with Gasteiger partial charge in [-0.1, -0.05) is 12.1 Å². The molecule has 1 N–H and O–H groups in total. The van der Waals surface area contributed by atoms with E-state index in [1.54, 1.807) is 0 Å². The van der Waals surface area contributed by atoms with E-state index in [-0.39, 0.29) is 0 Å². The highest BCUT2D eigenvalue weighted by Gasteiger charge is 2.05. The van der Waals surface area contributed by atoms with Crippen molar-refractivity contribution in [3.05, 3.63) is 36.4 Å². The minimum absolute atomic E-state index is 0.807. The van der Waals surface area contributed by atoms with Gasteiger partial charge in [-0.3, -0.25) is 0 Å². The summed E-state index contributed by atoms with van der Waals surface area (Å²) in [6.07, 6.45) is 0. The molecule has 4 aromatic rings. The largest absolute Gasteiger partial charge is 0.244 e. The summed E-state index contributed by atoms with van der Waals surface area (Å²) in [5.74, 6) is 0. The lowest BCUT2D eigenvalue weighted by molar-refractivity contribution is 0.959. The molecule has 0 unspecified atom stereocenters. The average molecular weight is 221 g/mol. The molecule has 0 aliphatic rings. The molecule has 2 aromatic carbocycles. The summed E-state index contributed by atoms with van der Waals surface area (Å²) in [5, 5.41) is 10.7. The van der Waals surface area contributed by atoms with Crippen LogP contribution in [0, 0.1) is 0 Å². The van der Waals surface area contributed by atoms with Crippen molar-refractivity contribution in [1.29, 1.82) is 0 Å². The predicted molar refractivity (Wildman–Crippen MR) is 64.5 cm³/mol. The van der Waals surface area contributed by atoms with Gasteiger partial charge in [0.2, 0.25) is 0 Å². The second-order valence-corrected chi connectivity index (χ2v) is 3.87. The van der Waals surface area contributed by atoms with Crippen molar-refractivity contribution in [2.75, 3.05) is 0 Å². The highest BCUT2D eigenvalue weighted by Crippen LogP contribution is 2.19. The molecule has 0 radical (unpaired) electrons. The van der Waals surface area contributed by atoms with E-state index >= 15 is 0 Å². The Balaban J connectivity index is 2.23. The van der Waals surface area contributed by atoms with Crippen molar-refractivity contribution < 1.29 is 0 Å². The summed E-state index contributed by atoms with van der Waals surface area (Å²) in [6.45, 7) is 0. The van der Waals surface area contributed by atoms with E-state index in [0.29, 0.717) is 0 Å². The fourth-order valence-electron chi connectivity index (χ4n) is 1.96. The highest BCUT2D eigenvalue weighted by molar-refractivity contribution is 5.94. The number of para-hydroxylation sites is 2. The Morgan fingerprint density at radius 3 is 1.71 bits per heavy atom. The van der Waals surface area contributed by atoms with Gasteiger partial charge in [-0.25, -0.2) is 9.97 Å². The first-order valence-corrected chi connectivity index (χ1v) is 5.27. The third kappa shape index (κ3) is 1.19. The number of nitrogens with one attached hydrogen (secondary N) is 1. The number of hydrogen-bond donors (Lipinski definition) is 1. The van der Waals surface area contributed by atoms with Crippen LogP contribution in [0.15, 0.2) is 36.4 Å². The number of aromatic amines is 1. The molecular formula is C12H7N5. The van der Waals surface area contributed by atoms with Gasteiger partial charge in [0.15, 0.2) is 0 Å². The molecule has 5 heteroatoms. The summed E-state index contributed by atoms with van der Waals surface area (Å²) < 4.78 is 0. The lowest BCUT2D eigenvalue weighted by atomic mass is 10.2. The van der Waals surface area contributed by atoms with Gasteiger partial charge in [0.1, 0.15) is 11.0 Å². The Hall–Kier alpha value is -2.56. The van der Waals surface area contributed by atoms with Crippen LogP contribution in [0.4, 0.5) is 0 Å². The normalized spacial score (nSPS) is 11.5. The number of nitrogens with zero attached hydrogens (tertiary/aromatic N) is 4. The van der Waals surface area contributed by atoms with Crippen molar-refractivity contribution in [2.24, 2.45) is 0 Å². The van der Waals surface area contributed by atoms with E-state index in [0.717, 1.165) is 33.1 Å². The molecule has 0 saturated heterocycles. The number of hydrogen-bond acceptors (Lipinski definition) is 4. The number of rotatable bonds is 0. The molecule has 0 saturated carbocycles. The zero-order valence-corrected chi connectivity index (χ0v) is 8.75. The van der Waals surface area contributed by atoms with Crippen LogP contribution in [0.3, 0.4) is 0 Å². The van der Waals surface area contributed by atoms with Crippen LogP contribution < -0.4 is 0 Å². The Bertz CT molecular complexity index is 780. The van der Waals surface area contributed by atoms with Crippen LogP contribution in [-0.4, -0.2) is 25.4 Å². The van der Waals surface area contributed by atoms with E-state index in [1.165, 1.54) is 0 Å². The third-order valence-electron chi connectivity index (χ3n) is 2.78. The number of benzene rings is 2. The molecule has 2 aromatic heterocycles. The molecule has 5 nitrogen and oxygen atoms in total. The summed E-state index contributed by atoms with van der Waals surface area (Å²) in [5.41, 5.74) is 5.07. The lowest BCUT2D eigenvalue weighted by Gasteiger charge is -1.99. The van der Waals surface area contributed by atoms with Gasteiger partial charge in [0, 0.05) is 0 Å². The van der Waals surface area contributed by atoms with Gasteiger partial charge in [-0.15, -0.1) is 0 Å². The van der Waals surface area contributed by atoms with Gasteiger partial charge in [-0.2, -0.15) is 15.4 Å². The molecule has 17 heavy (non-hydrogen) atoms. The van der Waals surface area contributed by atoms with Crippen molar-refractivity contribution in [3.8, 4) is 0 Å². The standard InChI is InChI=1S/C12H7N5/c1-2-4-8-7(3-1)13-9-5-11-12(16-17-15-11)6-10(9)14-8/h1-6H,(H,15,16,17). The van der Waals surface area contributed by atoms with Crippen LogP contribution in [-0.2, 0) is 0 Å². The molecule has 0 fully saturated rings. The van der Waals surface area contributed by atoms with Crippen molar-refractivity contribution in [3.63, 3.8) is 0 Å². The topological polar surface area (TPSA) is 67.3 Å². The molecule has 0 aliphatic carbocycles. The molecule has 80 valence electrons. The SMILES string of the molecule is c1ccc2nc3cc4n[nH]nc4cc3nc2c1. The van der Waals surface area contributed by atoms with Gasteiger partial charge in [0.05, 0.1) is 22.1 Å². The summed E-state index contributed by atoms with van der Waals surface area (Å²) in [7, 11) is 0. The summed E-state index contributed by atoms with van der Waals surface area (Å²) >= 11 is 0. The Kier molecular flexibility index (Phi) is 1.50. The summed E-state index contributed by atoms with van der Waals surface area (Å²) in [6, 6.07) is 11.6. The van der Waals surface area contributed by atoms with Gasteiger partial charge in [-0.05, 0) is 24.3 Å². The summed E-state index contributed by atoms with van der Waals surface area (Å²) in [4.78, 5) is 9.13. The fourth-order valence-corrected chi connectivity index (χ4v) is 1.96. The molecular weight excluding hydrogens is 214 g/mol. The second-order valence-electron chi connectivity index (χ2n) is 3.87. The van der Waals surface area contributed by atoms with E-state index in [4.69, 9.17) is 0 Å². The van der Waals surface area contributed by atoms with Crippen LogP contribution in [0.2, 0.25) is 0 Å². The highest BCUT2D eigenvalue weighted by atomic mass is 15.3. The smallest absolute Gasteiger partial charge is 0.115 e. The van der Waals surface area contributed by atoms with E-state index in [1.807, 2.05) is 36.4 Å². The minimum Gasteiger partial charge on any atom is -0.244 e. The van der Waals surface area contributed by atoms with Crippen LogP contribution in [0.25, 0.3) is 33.1 Å². The maximum absolute atomic E-state index is 4.56. The predicted octanol–water partition coefficient (Wildman–Crippen LogP) is 2.05. The first-order chi connectivity index (χ1) is 8.40. The maximum atomic E-state index is 4.56. The molecule has 0 amide bonds. The van der Waals surface area contributed by atoms with Crippen LogP contribution in [0.5, 0.6) is 0 Å². The molecule has 2 heterocycles. The Labute approximate surface area is 95.5 Å². The number of H-pyrrole nitrogens is 1.